The van der Waals surface area contributed by atoms with E-state index in [1.807, 2.05) is 0 Å². The minimum absolute atomic E-state index is 0.210. The molecular formula is C20H22N2S. The predicted molar refractivity (Wildman–Crippen MR) is 97.9 cm³/mol. The first-order valence-corrected chi connectivity index (χ1v) is 9.01. The summed E-state index contributed by atoms with van der Waals surface area (Å²) >= 11 is 1.75. The molecule has 0 bridgehead atoms. The Labute approximate surface area is 142 Å². The molecule has 1 aromatic heterocycles. The van der Waals surface area contributed by atoms with Crippen molar-refractivity contribution >= 4 is 11.3 Å². The number of aromatic nitrogens is 1. The number of thiazole rings is 1. The lowest BCUT2D eigenvalue weighted by Crippen LogP contribution is -2.14. The number of benzene rings is 2. The number of nitrogens with one attached hydrogen (secondary N) is 1. The summed E-state index contributed by atoms with van der Waals surface area (Å²) in [5.74, 6) is 0.210. The van der Waals surface area contributed by atoms with Crippen LogP contribution in [0.1, 0.15) is 41.1 Å². The SMILES string of the molecule is CCCNCc1csc(C(c2ccccc2)c2ccccc2)n1. The van der Waals surface area contributed by atoms with Crippen LogP contribution in [0, 0.1) is 0 Å². The molecule has 0 spiro atoms. The second-order valence-corrected chi connectivity index (χ2v) is 6.50. The summed E-state index contributed by atoms with van der Waals surface area (Å²) < 4.78 is 0. The van der Waals surface area contributed by atoms with Gasteiger partial charge in [-0.1, -0.05) is 67.6 Å². The van der Waals surface area contributed by atoms with E-state index < -0.39 is 0 Å². The van der Waals surface area contributed by atoms with Gasteiger partial charge in [0, 0.05) is 11.9 Å². The molecule has 3 aromatic rings. The fourth-order valence-electron chi connectivity index (χ4n) is 2.70. The highest BCUT2D eigenvalue weighted by atomic mass is 32.1. The lowest BCUT2D eigenvalue weighted by molar-refractivity contribution is 0.665. The Morgan fingerprint density at radius 1 is 0.957 bits per heavy atom. The second-order valence-electron chi connectivity index (χ2n) is 5.61. The zero-order chi connectivity index (χ0) is 15.9. The molecule has 2 aromatic carbocycles. The van der Waals surface area contributed by atoms with Crippen LogP contribution in [0.5, 0.6) is 0 Å². The van der Waals surface area contributed by atoms with Crippen molar-refractivity contribution in [1.82, 2.24) is 10.3 Å². The van der Waals surface area contributed by atoms with Crippen molar-refractivity contribution in [2.24, 2.45) is 0 Å². The summed E-state index contributed by atoms with van der Waals surface area (Å²) in [6.07, 6.45) is 1.15. The minimum atomic E-state index is 0.210. The summed E-state index contributed by atoms with van der Waals surface area (Å²) in [5.41, 5.74) is 3.72. The summed E-state index contributed by atoms with van der Waals surface area (Å²) in [6, 6.07) is 21.3. The van der Waals surface area contributed by atoms with Crippen molar-refractivity contribution in [2.45, 2.75) is 25.8 Å². The summed E-state index contributed by atoms with van der Waals surface area (Å²) in [4.78, 5) is 4.89. The molecule has 118 valence electrons. The molecule has 3 heteroatoms. The minimum Gasteiger partial charge on any atom is -0.311 e. The largest absolute Gasteiger partial charge is 0.311 e. The Morgan fingerprint density at radius 2 is 1.57 bits per heavy atom. The molecule has 1 heterocycles. The van der Waals surface area contributed by atoms with Gasteiger partial charge >= 0.3 is 0 Å². The first-order chi connectivity index (χ1) is 11.4. The average Bonchev–Trinajstić information content (AvgIpc) is 3.06. The van der Waals surface area contributed by atoms with Crippen LogP contribution in [0.15, 0.2) is 66.0 Å². The van der Waals surface area contributed by atoms with Gasteiger partial charge in [-0.3, -0.25) is 0 Å². The maximum atomic E-state index is 4.89. The molecule has 0 fully saturated rings. The highest BCUT2D eigenvalue weighted by Crippen LogP contribution is 2.33. The lowest BCUT2D eigenvalue weighted by Gasteiger charge is -2.15. The van der Waals surface area contributed by atoms with Gasteiger partial charge in [0.15, 0.2) is 0 Å². The van der Waals surface area contributed by atoms with E-state index in [0.29, 0.717) is 0 Å². The van der Waals surface area contributed by atoms with Crippen molar-refractivity contribution < 1.29 is 0 Å². The number of nitrogens with zero attached hydrogens (tertiary/aromatic N) is 1. The van der Waals surface area contributed by atoms with Crippen LogP contribution in [-0.4, -0.2) is 11.5 Å². The Balaban J connectivity index is 1.90. The van der Waals surface area contributed by atoms with Gasteiger partial charge < -0.3 is 5.32 Å². The van der Waals surface area contributed by atoms with E-state index in [0.717, 1.165) is 30.2 Å². The molecule has 0 saturated heterocycles. The van der Waals surface area contributed by atoms with Gasteiger partial charge in [0.25, 0.3) is 0 Å². The molecule has 1 N–H and O–H groups in total. The van der Waals surface area contributed by atoms with Crippen LogP contribution < -0.4 is 5.32 Å². The molecule has 0 unspecified atom stereocenters. The van der Waals surface area contributed by atoms with Gasteiger partial charge in [-0.05, 0) is 24.1 Å². The van der Waals surface area contributed by atoms with Crippen LogP contribution in [0.3, 0.4) is 0 Å². The van der Waals surface area contributed by atoms with Crippen LogP contribution in [0.4, 0.5) is 0 Å². The Hall–Kier alpha value is -1.97. The molecule has 0 radical (unpaired) electrons. The molecule has 0 atom stereocenters. The standard InChI is InChI=1S/C20H22N2S/c1-2-13-21-14-18-15-23-20(22-18)19(16-9-5-3-6-10-16)17-11-7-4-8-12-17/h3-12,15,19,21H,2,13-14H2,1H3. The fourth-order valence-corrected chi connectivity index (χ4v) is 3.67. The van der Waals surface area contributed by atoms with Crippen LogP contribution in [-0.2, 0) is 6.54 Å². The van der Waals surface area contributed by atoms with E-state index in [9.17, 15) is 0 Å². The van der Waals surface area contributed by atoms with Crippen LogP contribution in [0.25, 0.3) is 0 Å². The molecule has 0 amide bonds. The van der Waals surface area contributed by atoms with Crippen molar-refractivity contribution in [3.63, 3.8) is 0 Å². The third-order valence-corrected chi connectivity index (χ3v) is 4.77. The molecular weight excluding hydrogens is 300 g/mol. The van der Waals surface area contributed by atoms with Crippen molar-refractivity contribution in [2.75, 3.05) is 6.54 Å². The first-order valence-electron chi connectivity index (χ1n) is 8.13. The molecule has 23 heavy (non-hydrogen) atoms. The van der Waals surface area contributed by atoms with Gasteiger partial charge in [-0.15, -0.1) is 11.3 Å². The monoisotopic (exact) mass is 322 g/mol. The molecule has 3 rings (SSSR count). The average molecular weight is 322 g/mol. The molecule has 2 nitrogen and oxygen atoms in total. The quantitative estimate of drug-likeness (QED) is 0.631. The molecule has 0 aliphatic rings. The summed E-state index contributed by atoms with van der Waals surface area (Å²) in [6.45, 7) is 4.06. The topological polar surface area (TPSA) is 24.9 Å². The fraction of sp³-hybridized carbons (Fsp3) is 0.250. The lowest BCUT2D eigenvalue weighted by atomic mass is 9.92. The zero-order valence-corrected chi connectivity index (χ0v) is 14.2. The molecule has 0 aliphatic heterocycles. The van der Waals surface area contributed by atoms with E-state index in [2.05, 4.69) is 78.3 Å². The maximum Gasteiger partial charge on any atom is 0.105 e. The first kappa shape index (κ1) is 15.9. The summed E-state index contributed by atoms with van der Waals surface area (Å²) in [7, 11) is 0. The third kappa shape index (κ3) is 4.06. The van der Waals surface area contributed by atoms with Crippen LogP contribution in [0.2, 0.25) is 0 Å². The van der Waals surface area contributed by atoms with E-state index in [4.69, 9.17) is 4.98 Å². The normalized spacial score (nSPS) is 11.0. The second kappa shape index (κ2) is 8.04. The Bertz CT molecular complexity index is 667. The Kier molecular flexibility index (Phi) is 5.56. The van der Waals surface area contributed by atoms with Gasteiger partial charge in [-0.2, -0.15) is 0 Å². The van der Waals surface area contributed by atoms with Gasteiger partial charge in [-0.25, -0.2) is 4.98 Å². The number of hydrogen-bond acceptors (Lipinski definition) is 3. The molecule has 0 saturated carbocycles. The van der Waals surface area contributed by atoms with Crippen molar-refractivity contribution in [3.8, 4) is 0 Å². The van der Waals surface area contributed by atoms with E-state index in [1.165, 1.54) is 11.1 Å². The molecule has 0 aliphatic carbocycles. The predicted octanol–water partition coefficient (Wildman–Crippen LogP) is 4.82. The summed E-state index contributed by atoms with van der Waals surface area (Å²) in [5, 5.41) is 6.77. The Morgan fingerprint density at radius 3 is 2.13 bits per heavy atom. The third-order valence-electron chi connectivity index (χ3n) is 3.82. The number of hydrogen-bond donors (Lipinski definition) is 1. The highest BCUT2D eigenvalue weighted by Gasteiger charge is 2.19. The van der Waals surface area contributed by atoms with Crippen molar-refractivity contribution in [1.29, 1.82) is 0 Å². The van der Waals surface area contributed by atoms with E-state index in [1.54, 1.807) is 11.3 Å². The van der Waals surface area contributed by atoms with Gasteiger partial charge in [0.05, 0.1) is 11.6 Å². The number of rotatable bonds is 7. The smallest absolute Gasteiger partial charge is 0.105 e. The van der Waals surface area contributed by atoms with Crippen LogP contribution >= 0.6 is 11.3 Å². The highest BCUT2D eigenvalue weighted by molar-refractivity contribution is 7.09. The van der Waals surface area contributed by atoms with E-state index in [-0.39, 0.29) is 5.92 Å². The van der Waals surface area contributed by atoms with Crippen molar-refractivity contribution in [3.05, 3.63) is 87.9 Å². The van der Waals surface area contributed by atoms with Gasteiger partial charge in [0.1, 0.15) is 5.01 Å². The maximum absolute atomic E-state index is 4.89. The van der Waals surface area contributed by atoms with E-state index >= 15 is 0 Å². The van der Waals surface area contributed by atoms with Gasteiger partial charge in [0.2, 0.25) is 0 Å². The zero-order valence-electron chi connectivity index (χ0n) is 13.4.